The van der Waals surface area contributed by atoms with Gasteiger partial charge in [0.05, 0.1) is 17.3 Å². The zero-order chi connectivity index (χ0) is 24.9. The van der Waals surface area contributed by atoms with E-state index in [1.54, 1.807) is 4.52 Å². The van der Waals surface area contributed by atoms with Crippen molar-refractivity contribution in [2.24, 2.45) is 0 Å². The summed E-state index contributed by atoms with van der Waals surface area (Å²) in [7, 11) is 3.88. The maximum atomic E-state index is 12.5. The van der Waals surface area contributed by atoms with Gasteiger partial charge in [-0.15, -0.1) is 0 Å². The van der Waals surface area contributed by atoms with Crippen LogP contribution in [0.4, 0.5) is 0 Å². The van der Waals surface area contributed by atoms with Crippen molar-refractivity contribution >= 4 is 34.1 Å². The molecule has 0 atom stereocenters. The zero-order valence-corrected chi connectivity index (χ0v) is 21.9. The second-order valence-corrected chi connectivity index (χ2v) is 10.7. The number of fused-ring (bicyclic) bond motifs is 2. The van der Waals surface area contributed by atoms with Gasteiger partial charge in [0, 0.05) is 35.8 Å². The Hall–Kier alpha value is -2.90. The van der Waals surface area contributed by atoms with Crippen LogP contribution < -0.4 is 0 Å². The number of aromatic nitrogens is 4. The van der Waals surface area contributed by atoms with E-state index in [4.69, 9.17) is 11.6 Å². The van der Waals surface area contributed by atoms with E-state index in [0.29, 0.717) is 29.1 Å². The van der Waals surface area contributed by atoms with Crippen molar-refractivity contribution in [3.63, 3.8) is 0 Å². The number of nitrogens with zero attached hydrogens (tertiary/aromatic N) is 5. The third-order valence-electron chi connectivity index (χ3n) is 7.23. The number of amides is 1. The summed E-state index contributed by atoms with van der Waals surface area (Å²) in [5, 5.41) is 6.21. The van der Waals surface area contributed by atoms with Crippen LogP contribution in [0.25, 0.3) is 27.8 Å². The van der Waals surface area contributed by atoms with E-state index >= 15 is 0 Å². The Kier molecular flexibility index (Phi) is 6.32. The fraction of sp³-hybridized carbons (Fsp3) is 0.444. The summed E-state index contributed by atoms with van der Waals surface area (Å²) in [5.41, 5.74) is 7.57. The van der Waals surface area contributed by atoms with Crippen molar-refractivity contribution in [3.8, 4) is 11.3 Å². The SMILES string of the molecule is Cc1c(-c2[nH]c3ccc(C4CCN(C(=O)CN(C)C)CC4)cc3c2C(C)C)cn2ncnc2c1Cl. The molecule has 0 unspecified atom stereocenters. The molecule has 0 bridgehead atoms. The smallest absolute Gasteiger partial charge is 0.236 e. The Labute approximate surface area is 211 Å². The van der Waals surface area contributed by atoms with Crippen molar-refractivity contribution in [1.82, 2.24) is 29.4 Å². The Balaban J connectivity index is 1.50. The highest BCUT2D eigenvalue weighted by Crippen LogP contribution is 2.40. The number of pyridine rings is 1. The molecule has 1 fully saturated rings. The monoisotopic (exact) mass is 492 g/mol. The van der Waals surface area contributed by atoms with Gasteiger partial charge in [-0.05, 0) is 74.5 Å². The molecule has 4 aromatic rings. The summed E-state index contributed by atoms with van der Waals surface area (Å²) < 4.78 is 1.75. The molecule has 0 radical (unpaired) electrons. The number of rotatable bonds is 5. The predicted octanol–water partition coefficient (Wildman–Crippen LogP) is 5.23. The molecule has 1 N–H and O–H groups in total. The summed E-state index contributed by atoms with van der Waals surface area (Å²) >= 11 is 6.67. The van der Waals surface area contributed by atoms with Crippen LogP contribution in [0.2, 0.25) is 5.02 Å². The van der Waals surface area contributed by atoms with Gasteiger partial charge in [0.15, 0.2) is 5.65 Å². The normalized spacial score (nSPS) is 15.3. The van der Waals surface area contributed by atoms with E-state index in [9.17, 15) is 4.79 Å². The molecule has 0 aliphatic carbocycles. The quantitative estimate of drug-likeness (QED) is 0.414. The number of carbonyl (C=O) groups is 1. The maximum absolute atomic E-state index is 12.5. The number of nitrogens with one attached hydrogen (secondary N) is 1. The zero-order valence-electron chi connectivity index (χ0n) is 21.1. The second-order valence-electron chi connectivity index (χ2n) is 10.3. The Morgan fingerprint density at radius 3 is 2.69 bits per heavy atom. The van der Waals surface area contributed by atoms with E-state index < -0.39 is 0 Å². The highest BCUT2D eigenvalue weighted by molar-refractivity contribution is 6.34. The summed E-state index contributed by atoms with van der Waals surface area (Å²) in [6.07, 6.45) is 5.54. The third-order valence-corrected chi connectivity index (χ3v) is 7.69. The average Bonchev–Trinajstić information content (AvgIpc) is 3.45. The van der Waals surface area contributed by atoms with Crippen LogP contribution >= 0.6 is 11.6 Å². The molecule has 0 saturated carbocycles. The molecule has 1 aliphatic rings. The molecule has 1 aliphatic heterocycles. The Morgan fingerprint density at radius 2 is 2.00 bits per heavy atom. The second kappa shape index (κ2) is 9.28. The number of hydrogen-bond acceptors (Lipinski definition) is 4. The van der Waals surface area contributed by atoms with E-state index in [-0.39, 0.29) is 5.91 Å². The van der Waals surface area contributed by atoms with Crippen LogP contribution in [-0.2, 0) is 4.79 Å². The summed E-state index contributed by atoms with van der Waals surface area (Å²) in [6, 6.07) is 6.81. The lowest BCUT2D eigenvalue weighted by atomic mass is 9.87. The number of H-pyrrole nitrogens is 1. The topological polar surface area (TPSA) is 69.5 Å². The molecule has 4 heterocycles. The largest absolute Gasteiger partial charge is 0.354 e. The first kappa shape index (κ1) is 23.8. The van der Waals surface area contributed by atoms with Gasteiger partial charge in [-0.1, -0.05) is 31.5 Å². The predicted molar refractivity (Wildman–Crippen MR) is 141 cm³/mol. The molecule has 1 amide bonds. The number of piperidine rings is 1. The Bertz CT molecular complexity index is 1390. The van der Waals surface area contributed by atoms with Gasteiger partial charge in [-0.2, -0.15) is 5.10 Å². The lowest BCUT2D eigenvalue weighted by Crippen LogP contribution is -2.42. The Morgan fingerprint density at radius 1 is 1.26 bits per heavy atom. The van der Waals surface area contributed by atoms with Crippen molar-refractivity contribution in [1.29, 1.82) is 0 Å². The maximum Gasteiger partial charge on any atom is 0.236 e. The molecular formula is C27H33ClN6O. The number of aromatic amines is 1. The molecular weight excluding hydrogens is 460 g/mol. The van der Waals surface area contributed by atoms with Gasteiger partial charge in [0.1, 0.15) is 6.33 Å². The minimum Gasteiger partial charge on any atom is -0.354 e. The number of carbonyl (C=O) groups excluding carboxylic acids is 1. The number of hydrogen-bond donors (Lipinski definition) is 1. The highest BCUT2D eigenvalue weighted by atomic mass is 35.5. The van der Waals surface area contributed by atoms with Crippen LogP contribution in [0.1, 0.15) is 55.2 Å². The van der Waals surface area contributed by atoms with Crippen molar-refractivity contribution < 1.29 is 4.79 Å². The van der Waals surface area contributed by atoms with Crippen LogP contribution in [0, 0.1) is 6.92 Å². The molecule has 1 saturated heterocycles. The average molecular weight is 493 g/mol. The molecule has 3 aromatic heterocycles. The molecule has 5 rings (SSSR count). The summed E-state index contributed by atoms with van der Waals surface area (Å²) in [6.45, 7) is 8.63. The molecule has 0 spiro atoms. The van der Waals surface area contributed by atoms with Gasteiger partial charge in [0.2, 0.25) is 5.91 Å². The fourth-order valence-corrected chi connectivity index (χ4v) is 5.63. The number of likely N-dealkylation sites (N-methyl/N-ethyl adjacent to an activating group) is 1. The van der Waals surface area contributed by atoms with Gasteiger partial charge in [-0.25, -0.2) is 9.50 Å². The summed E-state index contributed by atoms with van der Waals surface area (Å²) in [4.78, 5) is 24.4. The van der Waals surface area contributed by atoms with Gasteiger partial charge >= 0.3 is 0 Å². The lowest BCUT2D eigenvalue weighted by molar-refractivity contribution is -0.132. The first-order valence-electron chi connectivity index (χ1n) is 12.3. The molecule has 8 heteroatoms. The highest BCUT2D eigenvalue weighted by Gasteiger charge is 2.26. The third kappa shape index (κ3) is 4.32. The number of benzene rings is 1. The number of halogens is 1. The molecule has 7 nitrogen and oxygen atoms in total. The molecule has 1 aromatic carbocycles. The van der Waals surface area contributed by atoms with Crippen molar-refractivity contribution in [2.75, 3.05) is 33.7 Å². The van der Waals surface area contributed by atoms with Crippen LogP contribution in [0.15, 0.2) is 30.7 Å². The van der Waals surface area contributed by atoms with E-state index in [1.165, 1.54) is 22.8 Å². The fourth-order valence-electron chi connectivity index (χ4n) is 5.39. The van der Waals surface area contributed by atoms with E-state index in [0.717, 1.165) is 48.3 Å². The van der Waals surface area contributed by atoms with Crippen LogP contribution in [0.3, 0.4) is 0 Å². The van der Waals surface area contributed by atoms with Crippen LogP contribution in [0.5, 0.6) is 0 Å². The van der Waals surface area contributed by atoms with E-state index in [2.05, 4.69) is 47.1 Å². The lowest BCUT2D eigenvalue weighted by Gasteiger charge is -2.33. The summed E-state index contributed by atoms with van der Waals surface area (Å²) in [5.74, 6) is 1.01. The minimum absolute atomic E-state index is 0.222. The molecule has 35 heavy (non-hydrogen) atoms. The first-order chi connectivity index (χ1) is 16.7. The molecule has 184 valence electrons. The van der Waals surface area contributed by atoms with Gasteiger partial charge in [-0.3, -0.25) is 4.79 Å². The van der Waals surface area contributed by atoms with Crippen molar-refractivity contribution in [2.45, 2.75) is 45.4 Å². The first-order valence-corrected chi connectivity index (χ1v) is 12.7. The number of likely N-dealkylation sites (tertiary alicyclic amines) is 1. The van der Waals surface area contributed by atoms with Gasteiger partial charge in [0.25, 0.3) is 0 Å². The van der Waals surface area contributed by atoms with Crippen LogP contribution in [-0.4, -0.2) is 69.0 Å². The standard InChI is InChI=1S/C27H33ClN6O/c1-16(2)24-20-12-19(18-8-10-33(11-9-18)23(35)14-32(4)5)6-7-22(20)31-26(24)21-13-34-27(29-15-30-34)25(28)17(21)3/h6-7,12-13,15-16,18,31H,8-11,14H2,1-5H3. The minimum atomic E-state index is 0.222. The van der Waals surface area contributed by atoms with E-state index in [1.807, 2.05) is 37.0 Å². The van der Waals surface area contributed by atoms with Crippen molar-refractivity contribution in [3.05, 3.63) is 52.4 Å². The van der Waals surface area contributed by atoms with Gasteiger partial charge < -0.3 is 14.8 Å².